The maximum absolute atomic E-state index is 8.76. The van der Waals surface area contributed by atoms with Crippen molar-refractivity contribution in [3.63, 3.8) is 0 Å². The maximum atomic E-state index is 8.76. The lowest BCUT2D eigenvalue weighted by atomic mass is 10.1. The highest BCUT2D eigenvalue weighted by molar-refractivity contribution is 5.87. The van der Waals surface area contributed by atoms with Gasteiger partial charge in [-0.05, 0) is 32.9 Å². The third-order valence-corrected chi connectivity index (χ3v) is 4.54. The first-order valence-corrected chi connectivity index (χ1v) is 8.29. The van der Waals surface area contributed by atoms with Gasteiger partial charge >= 0.3 is 0 Å². The van der Waals surface area contributed by atoms with E-state index in [4.69, 9.17) is 6.11 Å². The Balaban J connectivity index is 1.84. The standard InChI is InChI=1S/C19H20N6O/c1-12-17(6-7-18(23-12)26-4)25-13(2)15-10-22-24(11-16(15)14(25)3)19-20-8-5-9-21-19/h5-10H,11H2,1-4H3/i11D. The number of aryl methyl sites for hydroxylation is 1. The molecule has 0 saturated carbocycles. The average Bonchev–Trinajstić information content (AvgIpc) is 2.94. The van der Waals surface area contributed by atoms with Crippen LogP contribution in [0.2, 0.25) is 0 Å². The number of hydrogen-bond acceptors (Lipinski definition) is 6. The van der Waals surface area contributed by atoms with Gasteiger partial charge in [0.15, 0.2) is 0 Å². The first kappa shape index (κ1) is 15.1. The highest BCUT2D eigenvalue weighted by Gasteiger charge is 2.24. The fourth-order valence-electron chi connectivity index (χ4n) is 3.24. The molecule has 0 aromatic carbocycles. The molecule has 4 heterocycles. The third-order valence-electron chi connectivity index (χ3n) is 4.54. The summed E-state index contributed by atoms with van der Waals surface area (Å²) in [5, 5.41) is 5.95. The molecule has 7 nitrogen and oxygen atoms in total. The summed E-state index contributed by atoms with van der Waals surface area (Å²) in [5.41, 5.74) is 5.66. The summed E-state index contributed by atoms with van der Waals surface area (Å²) in [6.07, 6.45) is 5.08. The lowest BCUT2D eigenvalue weighted by molar-refractivity contribution is 0.397. The Morgan fingerprint density at radius 1 is 1.12 bits per heavy atom. The minimum Gasteiger partial charge on any atom is -0.481 e. The Labute approximate surface area is 153 Å². The predicted molar refractivity (Wildman–Crippen MR) is 100 cm³/mol. The molecule has 0 fully saturated rings. The van der Waals surface area contributed by atoms with Gasteiger partial charge < -0.3 is 9.30 Å². The van der Waals surface area contributed by atoms with Crippen LogP contribution in [0.1, 0.15) is 29.6 Å². The van der Waals surface area contributed by atoms with Crippen molar-refractivity contribution in [2.75, 3.05) is 12.1 Å². The van der Waals surface area contributed by atoms with Gasteiger partial charge in [0.05, 0.1) is 32.6 Å². The highest BCUT2D eigenvalue weighted by Crippen LogP contribution is 2.31. The molecule has 26 heavy (non-hydrogen) atoms. The molecule has 1 atom stereocenters. The number of pyridine rings is 1. The molecule has 4 rings (SSSR count). The van der Waals surface area contributed by atoms with Crippen molar-refractivity contribution in [2.45, 2.75) is 27.3 Å². The summed E-state index contributed by atoms with van der Waals surface area (Å²) in [6, 6.07) is 5.57. The molecule has 1 aliphatic heterocycles. The predicted octanol–water partition coefficient (Wildman–Crippen LogP) is 2.95. The van der Waals surface area contributed by atoms with E-state index in [1.807, 2.05) is 32.9 Å². The summed E-state index contributed by atoms with van der Waals surface area (Å²) in [7, 11) is 1.60. The van der Waals surface area contributed by atoms with Gasteiger partial charge in [-0.2, -0.15) is 5.10 Å². The number of anilines is 1. The molecule has 3 aromatic rings. The van der Waals surface area contributed by atoms with Gasteiger partial charge in [-0.25, -0.2) is 20.0 Å². The van der Waals surface area contributed by atoms with E-state index in [0.717, 1.165) is 33.9 Å². The zero-order valence-electron chi connectivity index (χ0n) is 16.1. The largest absolute Gasteiger partial charge is 0.481 e. The van der Waals surface area contributed by atoms with Crippen LogP contribution < -0.4 is 9.75 Å². The van der Waals surface area contributed by atoms with Gasteiger partial charge in [-0.15, -0.1) is 0 Å². The van der Waals surface area contributed by atoms with Crippen LogP contribution in [0.25, 0.3) is 5.69 Å². The van der Waals surface area contributed by atoms with Gasteiger partial charge in [-0.1, -0.05) is 0 Å². The highest BCUT2D eigenvalue weighted by atomic mass is 16.5. The number of nitrogens with zero attached hydrogens (tertiary/aromatic N) is 6. The van der Waals surface area contributed by atoms with Crippen LogP contribution in [0.3, 0.4) is 0 Å². The summed E-state index contributed by atoms with van der Waals surface area (Å²) in [4.78, 5) is 12.9. The van der Waals surface area contributed by atoms with Crippen molar-refractivity contribution < 1.29 is 6.11 Å². The number of hydrogen-bond donors (Lipinski definition) is 0. The molecule has 0 saturated heterocycles. The minimum absolute atomic E-state index is 0.409. The lowest BCUT2D eigenvalue weighted by Gasteiger charge is -2.20. The van der Waals surface area contributed by atoms with Crippen LogP contribution >= 0.6 is 0 Å². The molecule has 0 aliphatic carbocycles. The van der Waals surface area contributed by atoms with Gasteiger partial charge in [0, 0.05) is 41.0 Å². The molecule has 132 valence electrons. The van der Waals surface area contributed by atoms with Crippen LogP contribution in [-0.4, -0.2) is 32.8 Å². The van der Waals surface area contributed by atoms with E-state index in [1.54, 1.807) is 31.8 Å². The molecular weight excluding hydrogens is 328 g/mol. The molecule has 3 aromatic heterocycles. The second kappa shape index (κ2) is 6.25. The minimum atomic E-state index is -0.723. The summed E-state index contributed by atoms with van der Waals surface area (Å²) in [6.45, 7) is 5.27. The average molecular weight is 349 g/mol. The molecule has 0 bridgehead atoms. The maximum Gasteiger partial charge on any atom is 0.246 e. The zero-order valence-corrected chi connectivity index (χ0v) is 15.1. The van der Waals surface area contributed by atoms with Gasteiger partial charge in [0.25, 0.3) is 0 Å². The molecule has 7 heteroatoms. The van der Waals surface area contributed by atoms with Crippen molar-refractivity contribution in [1.29, 1.82) is 0 Å². The van der Waals surface area contributed by atoms with E-state index >= 15 is 0 Å². The van der Waals surface area contributed by atoms with E-state index in [2.05, 4.69) is 24.6 Å². The van der Waals surface area contributed by atoms with Crippen molar-refractivity contribution in [2.24, 2.45) is 5.10 Å². The molecule has 0 N–H and O–H groups in total. The normalized spacial score (nSPS) is 16.4. The number of aromatic nitrogens is 4. The summed E-state index contributed by atoms with van der Waals surface area (Å²) < 4.78 is 16.1. The van der Waals surface area contributed by atoms with E-state index in [0.29, 0.717) is 11.8 Å². The van der Waals surface area contributed by atoms with Crippen molar-refractivity contribution >= 4 is 12.2 Å². The Morgan fingerprint density at radius 3 is 2.58 bits per heavy atom. The molecular formula is C19H20N6O. The molecule has 1 aliphatic rings. The quantitative estimate of drug-likeness (QED) is 0.727. The van der Waals surface area contributed by atoms with Crippen LogP contribution in [-0.2, 0) is 6.52 Å². The van der Waals surface area contributed by atoms with Gasteiger partial charge in [-0.3, -0.25) is 0 Å². The van der Waals surface area contributed by atoms with E-state index < -0.39 is 6.52 Å². The lowest BCUT2D eigenvalue weighted by Crippen LogP contribution is -2.22. The summed E-state index contributed by atoms with van der Waals surface area (Å²) >= 11 is 0. The summed E-state index contributed by atoms with van der Waals surface area (Å²) in [5.74, 6) is 0.988. The van der Waals surface area contributed by atoms with Crippen molar-refractivity contribution in [3.8, 4) is 11.6 Å². The van der Waals surface area contributed by atoms with Gasteiger partial charge in [0.2, 0.25) is 11.8 Å². The second-order valence-corrected chi connectivity index (χ2v) is 6.06. The fourth-order valence-corrected chi connectivity index (χ4v) is 3.24. The van der Waals surface area contributed by atoms with Crippen LogP contribution in [0.15, 0.2) is 35.7 Å². The molecule has 0 radical (unpaired) electrons. The number of ether oxygens (including phenoxy) is 1. The van der Waals surface area contributed by atoms with Gasteiger partial charge in [0.1, 0.15) is 0 Å². The number of fused-ring (bicyclic) bond motifs is 1. The monoisotopic (exact) mass is 349 g/mol. The zero-order chi connectivity index (χ0) is 19.1. The van der Waals surface area contributed by atoms with Crippen LogP contribution in [0.4, 0.5) is 5.95 Å². The molecule has 0 spiro atoms. The Kier molecular flexibility index (Phi) is 3.62. The van der Waals surface area contributed by atoms with Crippen molar-refractivity contribution in [3.05, 3.63) is 58.8 Å². The SMILES string of the molecule is [2H]C1c2c(c(C)n(-c3ccc(OC)nc3C)c2C)C=NN1c1ncccn1. The van der Waals surface area contributed by atoms with Crippen LogP contribution in [0, 0.1) is 20.8 Å². The van der Waals surface area contributed by atoms with E-state index in [9.17, 15) is 0 Å². The van der Waals surface area contributed by atoms with Crippen LogP contribution in [0.5, 0.6) is 5.88 Å². The third kappa shape index (κ3) is 2.52. The number of hydrazone groups is 1. The van der Waals surface area contributed by atoms with E-state index in [-0.39, 0.29) is 0 Å². The first-order valence-electron chi connectivity index (χ1n) is 8.87. The molecule has 0 amide bonds. The van der Waals surface area contributed by atoms with Crippen molar-refractivity contribution in [1.82, 2.24) is 19.5 Å². The number of methoxy groups -OCH3 is 1. The topological polar surface area (TPSA) is 68.4 Å². The Morgan fingerprint density at radius 2 is 1.88 bits per heavy atom. The smallest absolute Gasteiger partial charge is 0.246 e. The Bertz CT molecular complexity index is 1030. The number of rotatable bonds is 3. The fraction of sp³-hybridized carbons (Fsp3) is 0.263. The second-order valence-electron chi connectivity index (χ2n) is 6.06. The van der Waals surface area contributed by atoms with E-state index in [1.165, 1.54) is 5.01 Å². The Hall–Kier alpha value is -3.22. The molecule has 1 unspecified atom stereocenters. The first-order chi connectivity index (χ1) is 13.0.